The zero-order valence-corrected chi connectivity index (χ0v) is 10.5. The number of aliphatic carboxylic acids is 1. The molecule has 18 heavy (non-hydrogen) atoms. The number of aromatic amines is 1. The summed E-state index contributed by atoms with van der Waals surface area (Å²) in [6.07, 6.45) is -0.152. The van der Waals surface area contributed by atoms with Gasteiger partial charge in [-0.3, -0.25) is 9.20 Å². The fourth-order valence-corrected chi connectivity index (χ4v) is 2.54. The summed E-state index contributed by atoms with van der Waals surface area (Å²) in [5.74, 6) is -0.940. The number of halogens is 2. The zero-order valence-electron chi connectivity index (χ0n) is 8.94. The van der Waals surface area contributed by atoms with Gasteiger partial charge in [-0.1, -0.05) is 6.07 Å². The Morgan fingerprint density at radius 2 is 2.33 bits per heavy atom. The molecule has 0 fully saturated rings. The predicted molar refractivity (Wildman–Crippen MR) is 66.0 cm³/mol. The van der Waals surface area contributed by atoms with E-state index in [9.17, 15) is 9.18 Å². The Hall–Kier alpha value is -1.89. The van der Waals surface area contributed by atoms with Gasteiger partial charge >= 0.3 is 5.97 Å². The minimum atomic E-state index is -0.948. The SMILES string of the molecule is O=C(O)Cc1[nH]c2nc3c(F)cccc3n2c1Br. The molecule has 2 aromatic heterocycles. The molecular weight excluding hydrogens is 305 g/mol. The Labute approximate surface area is 108 Å². The van der Waals surface area contributed by atoms with Crippen molar-refractivity contribution in [2.45, 2.75) is 6.42 Å². The number of nitrogens with one attached hydrogen (secondary N) is 1. The highest BCUT2D eigenvalue weighted by atomic mass is 79.9. The third kappa shape index (κ3) is 1.51. The summed E-state index contributed by atoms with van der Waals surface area (Å²) in [7, 11) is 0. The summed E-state index contributed by atoms with van der Waals surface area (Å²) >= 11 is 3.31. The number of carbonyl (C=O) groups is 1. The number of nitrogens with zero attached hydrogens (tertiary/aromatic N) is 2. The molecule has 0 aliphatic carbocycles. The van der Waals surface area contributed by atoms with Crippen molar-refractivity contribution in [3.05, 3.63) is 34.3 Å². The van der Waals surface area contributed by atoms with Gasteiger partial charge in [0.05, 0.1) is 17.6 Å². The van der Waals surface area contributed by atoms with Crippen LogP contribution in [0.1, 0.15) is 5.69 Å². The van der Waals surface area contributed by atoms with Crippen LogP contribution in [0.25, 0.3) is 16.8 Å². The van der Waals surface area contributed by atoms with Crippen LogP contribution in [0.3, 0.4) is 0 Å². The second kappa shape index (κ2) is 3.81. The van der Waals surface area contributed by atoms with E-state index in [2.05, 4.69) is 25.9 Å². The summed E-state index contributed by atoms with van der Waals surface area (Å²) in [6.45, 7) is 0. The monoisotopic (exact) mass is 311 g/mol. The number of imidazole rings is 2. The van der Waals surface area contributed by atoms with Crippen molar-refractivity contribution in [3.8, 4) is 0 Å². The van der Waals surface area contributed by atoms with Gasteiger partial charge in [0, 0.05) is 0 Å². The molecule has 2 heterocycles. The van der Waals surface area contributed by atoms with Crippen LogP contribution < -0.4 is 0 Å². The molecule has 5 nitrogen and oxygen atoms in total. The predicted octanol–water partition coefficient (Wildman–Crippen LogP) is 2.34. The zero-order chi connectivity index (χ0) is 12.9. The Morgan fingerprint density at radius 1 is 1.56 bits per heavy atom. The van der Waals surface area contributed by atoms with Gasteiger partial charge in [0.25, 0.3) is 0 Å². The summed E-state index contributed by atoms with van der Waals surface area (Å²) in [5, 5.41) is 8.78. The third-order valence-electron chi connectivity index (χ3n) is 2.67. The number of hydrogen-bond donors (Lipinski definition) is 2. The van der Waals surface area contributed by atoms with E-state index < -0.39 is 11.8 Å². The first-order chi connectivity index (χ1) is 8.58. The van der Waals surface area contributed by atoms with Crippen LogP contribution in [-0.2, 0) is 11.2 Å². The molecule has 1 aromatic carbocycles. The van der Waals surface area contributed by atoms with Crippen molar-refractivity contribution in [1.29, 1.82) is 0 Å². The Morgan fingerprint density at radius 3 is 3.06 bits per heavy atom. The van der Waals surface area contributed by atoms with Crippen molar-refractivity contribution >= 4 is 38.7 Å². The molecule has 0 bridgehead atoms. The van der Waals surface area contributed by atoms with Crippen LogP contribution in [0.4, 0.5) is 4.39 Å². The van der Waals surface area contributed by atoms with Gasteiger partial charge in [0.2, 0.25) is 5.78 Å². The molecule has 3 rings (SSSR count). The number of hydrogen-bond acceptors (Lipinski definition) is 2. The quantitative estimate of drug-likeness (QED) is 0.763. The maximum Gasteiger partial charge on any atom is 0.309 e. The average molecular weight is 312 g/mol. The molecule has 0 saturated carbocycles. The largest absolute Gasteiger partial charge is 0.481 e. The van der Waals surface area contributed by atoms with E-state index >= 15 is 0 Å². The first-order valence-electron chi connectivity index (χ1n) is 5.12. The fourth-order valence-electron chi connectivity index (χ4n) is 1.94. The molecule has 0 spiro atoms. The van der Waals surface area contributed by atoms with Crippen molar-refractivity contribution in [2.75, 3.05) is 0 Å². The smallest absolute Gasteiger partial charge is 0.309 e. The van der Waals surface area contributed by atoms with E-state index in [1.165, 1.54) is 6.07 Å². The number of rotatable bonds is 2. The van der Waals surface area contributed by atoms with Crippen LogP contribution in [0.5, 0.6) is 0 Å². The van der Waals surface area contributed by atoms with E-state index in [1.807, 2.05) is 0 Å². The van der Waals surface area contributed by atoms with E-state index in [0.29, 0.717) is 21.6 Å². The van der Waals surface area contributed by atoms with Crippen molar-refractivity contribution in [3.63, 3.8) is 0 Å². The highest BCUT2D eigenvalue weighted by Crippen LogP contribution is 2.26. The lowest BCUT2D eigenvalue weighted by Crippen LogP contribution is -2.01. The van der Waals surface area contributed by atoms with Gasteiger partial charge in [-0.2, -0.15) is 0 Å². The number of carboxylic acids is 1. The molecule has 2 N–H and O–H groups in total. The minimum absolute atomic E-state index is 0.152. The van der Waals surface area contributed by atoms with Crippen LogP contribution in [0, 0.1) is 5.82 Å². The molecule has 92 valence electrons. The Kier molecular flexibility index (Phi) is 2.37. The lowest BCUT2D eigenvalue weighted by Gasteiger charge is -1.96. The molecule has 0 aliphatic heterocycles. The lowest BCUT2D eigenvalue weighted by atomic mass is 10.3. The molecule has 0 radical (unpaired) electrons. The van der Waals surface area contributed by atoms with Gasteiger partial charge in [0.15, 0.2) is 5.82 Å². The maximum absolute atomic E-state index is 13.5. The van der Waals surface area contributed by atoms with Crippen LogP contribution >= 0.6 is 15.9 Å². The molecule has 0 unspecified atom stereocenters. The number of aromatic nitrogens is 3. The summed E-state index contributed by atoms with van der Waals surface area (Å²) in [5.41, 5.74) is 1.34. The highest BCUT2D eigenvalue weighted by Gasteiger charge is 2.17. The summed E-state index contributed by atoms with van der Waals surface area (Å²) < 4.78 is 15.7. The van der Waals surface area contributed by atoms with E-state index in [0.717, 1.165) is 0 Å². The van der Waals surface area contributed by atoms with Gasteiger partial charge < -0.3 is 10.1 Å². The minimum Gasteiger partial charge on any atom is -0.481 e. The molecule has 3 aromatic rings. The number of carboxylic acid groups (broad SMARTS) is 1. The van der Waals surface area contributed by atoms with Crippen molar-refractivity contribution < 1.29 is 14.3 Å². The van der Waals surface area contributed by atoms with E-state index in [-0.39, 0.29) is 11.9 Å². The van der Waals surface area contributed by atoms with Crippen LogP contribution in [-0.4, -0.2) is 25.4 Å². The first kappa shape index (κ1) is 11.2. The van der Waals surface area contributed by atoms with Gasteiger partial charge in [-0.05, 0) is 28.1 Å². The fraction of sp³-hybridized carbons (Fsp3) is 0.0909. The summed E-state index contributed by atoms with van der Waals surface area (Å²) in [4.78, 5) is 17.7. The standard InChI is InChI=1S/C11H7BrFN3O2/c12-10-6(4-8(17)18)14-11-15-9-5(13)2-1-3-7(9)16(10)11/h1-3H,4H2,(H,14,15)(H,17,18). The third-order valence-corrected chi connectivity index (χ3v) is 3.51. The van der Waals surface area contributed by atoms with Crippen LogP contribution in [0.15, 0.2) is 22.8 Å². The maximum atomic E-state index is 13.5. The van der Waals surface area contributed by atoms with E-state index in [4.69, 9.17) is 5.11 Å². The number of para-hydroxylation sites is 1. The Bertz CT molecular complexity index is 777. The molecule has 0 aliphatic rings. The Balaban J connectivity index is 2.33. The molecular formula is C11H7BrFN3O2. The number of fused-ring (bicyclic) bond motifs is 3. The normalized spacial score (nSPS) is 11.4. The number of H-pyrrole nitrogens is 1. The van der Waals surface area contributed by atoms with E-state index in [1.54, 1.807) is 16.5 Å². The average Bonchev–Trinajstić information content (AvgIpc) is 2.79. The van der Waals surface area contributed by atoms with Gasteiger partial charge in [-0.25, -0.2) is 9.37 Å². The molecule has 0 atom stereocenters. The van der Waals surface area contributed by atoms with Crippen molar-refractivity contribution in [1.82, 2.24) is 14.4 Å². The van der Waals surface area contributed by atoms with Crippen molar-refractivity contribution in [2.24, 2.45) is 0 Å². The highest BCUT2D eigenvalue weighted by molar-refractivity contribution is 9.10. The topological polar surface area (TPSA) is 70.4 Å². The van der Waals surface area contributed by atoms with Gasteiger partial charge in [0.1, 0.15) is 10.1 Å². The summed E-state index contributed by atoms with van der Waals surface area (Å²) in [6, 6.07) is 4.64. The first-order valence-corrected chi connectivity index (χ1v) is 5.92. The second-order valence-corrected chi connectivity index (χ2v) is 4.59. The molecule has 7 heteroatoms. The molecule has 0 saturated heterocycles. The lowest BCUT2D eigenvalue weighted by molar-refractivity contribution is -0.136. The number of benzene rings is 1. The van der Waals surface area contributed by atoms with Gasteiger partial charge in [-0.15, -0.1) is 0 Å². The molecule has 0 amide bonds. The van der Waals surface area contributed by atoms with Crippen LogP contribution in [0.2, 0.25) is 0 Å². The second-order valence-electron chi connectivity index (χ2n) is 3.84.